The average molecular weight is 308 g/mol. The Labute approximate surface area is 135 Å². The molecule has 1 saturated heterocycles. The van der Waals surface area contributed by atoms with Crippen LogP contribution in [0.4, 0.5) is 0 Å². The second-order valence-electron chi connectivity index (χ2n) is 7.59. The zero-order valence-electron chi connectivity index (χ0n) is 14.5. The van der Waals surface area contributed by atoms with Crippen molar-refractivity contribution < 1.29 is 14.3 Å². The molecular formula is C19H32O3. The van der Waals surface area contributed by atoms with Crippen molar-refractivity contribution in [2.45, 2.75) is 72.1 Å². The molecule has 1 aliphatic carbocycles. The Morgan fingerprint density at radius 1 is 1.27 bits per heavy atom. The van der Waals surface area contributed by atoms with E-state index in [1.54, 1.807) is 0 Å². The minimum atomic E-state index is -0.150. The van der Waals surface area contributed by atoms with Gasteiger partial charge in [-0.1, -0.05) is 33.6 Å². The molecule has 22 heavy (non-hydrogen) atoms. The number of carbonyl (C=O) groups excluding carboxylic acids is 2. The molecule has 126 valence electrons. The maximum atomic E-state index is 12.6. The first-order valence-corrected chi connectivity index (χ1v) is 9.14. The standard InChI is InChI=1S/C19H32O3/c1-4-19(3,5-2)18(21)10-9-14-7-6-8-15-11-16(14)12-22-13-17(15)20/h14-16H,4-13H2,1-3H3. The second-order valence-corrected chi connectivity index (χ2v) is 7.59. The molecule has 3 heteroatoms. The summed E-state index contributed by atoms with van der Waals surface area (Å²) in [5, 5.41) is 0. The molecule has 0 amide bonds. The lowest BCUT2D eigenvalue weighted by atomic mass is 9.76. The Kier molecular flexibility index (Phi) is 6.19. The van der Waals surface area contributed by atoms with Crippen LogP contribution < -0.4 is 0 Å². The van der Waals surface area contributed by atoms with Crippen molar-refractivity contribution in [2.24, 2.45) is 23.2 Å². The van der Waals surface area contributed by atoms with Gasteiger partial charge >= 0.3 is 0 Å². The van der Waals surface area contributed by atoms with Crippen LogP contribution in [-0.4, -0.2) is 24.8 Å². The van der Waals surface area contributed by atoms with Gasteiger partial charge in [-0.25, -0.2) is 0 Å². The Bertz CT molecular complexity index is 397. The first-order chi connectivity index (χ1) is 10.5. The van der Waals surface area contributed by atoms with Crippen LogP contribution in [0, 0.1) is 23.2 Å². The van der Waals surface area contributed by atoms with Crippen molar-refractivity contribution >= 4 is 11.6 Å². The molecule has 2 aliphatic rings. The van der Waals surface area contributed by atoms with Gasteiger partial charge in [-0.2, -0.15) is 0 Å². The SMILES string of the molecule is CCC(C)(CC)C(=O)CCC1CCCC2CC1COCC2=O. The predicted octanol–water partition coefficient (Wildman–Crippen LogP) is 4.18. The smallest absolute Gasteiger partial charge is 0.161 e. The number of Topliss-reactive ketones (excluding diaryl/α,β-unsaturated/α-hetero) is 2. The molecule has 0 aromatic rings. The summed E-state index contributed by atoms with van der Waals surface area (Å²) in [5.41, 5.74) is -0.150. The highest BCUT2D eigenvalue weighted by Gasteiger charge is 2.35. The number of fused-ring (bicyclic) bond motifs is 2. The van der Waals surface area contributed by atoms with Crippen LogP contribution in [0.3, 0.4) is 0 Å². The quantitative estimate of drug-likeness (QED) is 0.739. The normalized spacial score (nSPS) is 29.8. The minimum absolute atomic E-state index is 0.150. The Hall–Kier alpha value is -0.700. The van der Waals surface area contributed by atoms with Gasteiger partial charge in [0.1, 0.15) is 12.4 Å². The Balaban J connectivity index is 1.94. The van der Waals surface area contributed by atoms with Gasteiger partial charge in [-0.3, -0.25) is 9.59 Å². The van der Waals surface area contributed by atoms with E-state index in [0.717, 1.165) is 44.9 Å². The maximum Gasteiger partial charge on any atom is 0.161 e. The van der Waals surface area contributed by atoms with E-state index in [1.807, 2.05) is 0 Å². The van der Waals surface area contributed by atoms with Crippen molar-refractivity contribution in [3.8, 4) is 0 Å². The second kappa shape index (κ2) is 7.72. The number of ether oxygens (including phenoxy) is 1. The summed E-state index contributed by atoms with van der Waals surface area (Å²) in [7, 11) is 0. The van der Waals surface area contributed by atoms with Gasteiger partial charge in [0, 0.05) is 17.8 Å². The fourth-order valence-corrected chi connectivity index (χ4v) is 4.11. The summed E-state index contributed by atoms with van der Waals surface area (Å²) in [6.07, 6.45) is 7.81. The first kappa shape index (κ1) is 17.7. The molecule has 1 saturated carbocycles. The van der Waals surface area contributed by atoms with Gasteiger partial charge in [0.25, 0.3) is 0 Å². The summed E-state index contributed by atoms with van der Waals surface area (Å²) in [4.78, 5) is 24.5. The van der Waals surface area contributed by atoms with Crippen molar-refractivity contribution in [1.29, 1.82) is 0 Å². The van der Waals surface area contributed by atoms with Gasteiger partial charge in [0.05, 0.1) is 6.61 Å². The summed E-state index contributed by atoms with van der Waals surface area (Å²) in [5.74, 6) is 1.96. The molecule has 0 N–H and O–H groups in total. The Morgan fingerprint density at radius 3 is 2.68 bits per heavy atom. The van der Waals surface area contributed by atoms with E-state index in [4.69, 9.17) is 4.74 Å². The van der Waals surface area contributed by atoms with Crippen molar-refractivity contribution in [1.82, 2.24) is 0 Å². The number of hydrogen-bond donors (Lipinski definition) is 0. The third kappa shape index (κ3) is 3.98. The molecule has 1 aliphatic heterocycles. The lowest BCUT2D eigenvalue weighted by Gasteiger charge is -2.28. The van der Waals surface area contributed by atoms with E-state index in [-0.39, 0.29) is 11.3 Å². The topological polar surface area (TPSA) is 43.4 Å². The van der Waals surface area contributed by atoms with E-state index in [1.165, 1.54) is 0 Å². The number of rotatable bonds is 6. The summed E-state index contributed by atoms with van der Waals surface area (Å²) in [6, 6.07) is 0. The first-order valence-electron chi connectivity index (χ1n) is 9.14. The summed E-state index contributed by atoms with van der Waals surface area (Å²) in [6.45, 7) is 7.34. The highest BCUT2D eigenvalue weighted by Crippen LogP contribution is 2.38. The largest absolute Gasteiger partial charge is 0.373 e. The number of hydrogen-bond acceptors (Lipinski definition) is 3. The van der Waals surface area contributed by atoms with Gasteiger partial charge in [0.15, 0.2) is 5.78 Å². The van der Waals surface area contributed by atoms with Crippen LogP contribution in [0.2, 0.25) is 0 Å². The molecule has 3 atom stereocenters. The van der Waals surface area contributed by atoms with Gasteiger partial charge in [-0.05, 0) is 43.9 Å². The highest BCUT2D eigenvalue weighted by molar-refractivity contribution is 5.84. The third-order valence-corrected chi connectivity index (χ3v) is 6.39. The molecule has 0 aromatic carbocycles. The average Bonchev–Trinajstić information content (AvgIpc) is 2.84. The maximum absolute atomic E-state index is 12.6. The molecule has 1 heterocycles. The van der Waals surface area contributed by atoms with E-state index in [0.29, 0.717) is 43.0 Å². The van der Waals surface area contributed by atoms with E-state index >= 15 is 0 Å². The molecule has 3 unspecified atom stereocenters. The molecule has 2 bridgehead atoms. The fraction of sp³-hybridized carbons (Fsp3) is 0.895. The van der Waals surface area contributed by atoms with Crippen LogP contribution in [0.15, 0.2) is 0 Å². The van der Waals surface area contributed by atoms with Crippen molar-refractivity contribution in [3.05, 3.63) is 0 Å². The molecule has 0 radical (unpaired) electrons. The predicted molar refractivity (Wildman–Crippen MR) is 87.7 cm³/mol. The van der Waals surface area contributed by atoms with Crippen LogP contribution in [0.5, 0.6) is 0 Å². The van der Waals surface area contributed by atoms with E-state index < -0.39 is 0 Å². The lowest BCUT2D eigenvalue weighted by molar-refractivity contribution is -0.128. The molecular weight excluding hydrogens is 276 g/mol. The third-order valence-electron chi connectivity index (χ3n) is 6.39. The van der Waals surface area contributed by atoms with Gasteiger partial charge in [0.2, 0.25) is 0 Å². The fourth-order valence-electron chi connectivity index (χ4n) is 4.11. The monoisotopic (exact) mass is 308 g/mol. The molecule has 0 spiro atoms. The minimum Gasteiger partial charge on any atom is -0.373 e. The number of ketones is 2. The summed E-state index contributed by atoms with van der Waals surface area (Å²) >= 11 is 0. The molecule has 0 aromatic heterocycles. The zero-order valence-corrected chi connectivity index (χ0v) is 14.5. The van der Waals surface area contributed by atoms with Gasteiger partial charge < -0.3 is 4.74 Å². The van der Waals surface area contributed by atoms with E-state index in [9.17, 15) is 9.59 Å². The molecule has 2 fully saturated rings. The Morgan fingerprint density at radius 2 is 2.00 bits per heavy atom. The summed E-state index contributed by atoms with van der Waals surface area (Å²) < 4.78 is 5.59. The molecule has 2 rings (SSSR count). The van der Waals surface area contributed by atoms with Crippen LogP contribution in [0.1, 0.15) is 72.1 Å². The van der Waals surface area contributed by atoms with Crippen LogP contribution in [-0.2, 0) is 14.3 Å². The van der Waals surface area contributed by atoms with E-state index in [2.05, 4.69) is 20.8 Å². The lowest BCUT2D eigenvalue weighted by Crippen LogP contribution is -2.28. The van der Waals surface area contributed by atoms with Crippen LogP contribution >= 0.6 is 0 Å². The van der Waals surface area contributed by atoms with Crippen LogP contribution in [0.25, 0.3) is 0 Å². The zero-order chi connectivity index (χ0) is 16.2. The van der Waals surface area contributed by atoms with Crippen molar-refractivity contribution in [3.63, 3.8) is 0 Å². The molecule has 3 nitrogen and oxygen atoms in total. The number of carbonyl (C=O) groups is 2. The highest BCUT2D eigenvalue weighted by atomic mass is 16.5. The van der Waals surface area contributed by atoms with Gasteiger partial charge in [-0.15, -0.1) is 0 Å². The van der Waals surface area contributed by atoms with Crippen molar-refractivity contribution in [2.75, 3.05) is 13.2 Å².